The van der Waals surface area contributed by atoms with E-state index in [1.54, 1.807) is 30.2 Å². The summed E-state index contributed by atoms with van der Waals surface area (Å²) in [6.07, 6.45) is 3.08. The lowest BCUT2D eigenvalue weighted by Gasteiger charge is -2.34. The number of hydrogen-bond acceptors (Lipinski definition) is 5. The number of amides is 1. The van der Waals surface area contributed by atoms with Crippen molar-refractivity contribution < 1.29 is 19.1 Å². The second-order valence-corrected chi connectivity index (χ2v) is 6.68. The Labute approximate surface area is 141 Å². The van der Waals surface area contributed by atoms with E-state index in [1.165, 1.54) is 7.11 Å². The van der Waals surface area contributed by atoms with E-state index in [9.17, 15) is 9.59 Å². The smallest absolute Gasteiger partial charge is 0.242 e. The molecule has 6 heteroatoms. The Morgan fingerprint density at radius 1 is 1.25 bits per heavy atom. The third-order valence-electron chi connectivity index (χ3n) is 4.97. The number of nitrogens with zero attached hydrogens (tertiary/aromatic N) is 1. The van der Waals surface area contributed by atoms with Crippen LogP contribution in [0.4, 0.5) is 0 Å². The van der Waals surface area contributed by atoms with Crippen LogP contribution in [0.5, 0.6) is 11.5 Å². The highest BCUT2D eigenvalue weighted by atomic mass is 16.5. The molecule has 1 aliphatic carbocycles. The number of methoxy groups -OCH3 is 2. The summed E-state index contributed by atoms with van der Waals surface area (Å²) in [5.41, 5.74) is 5.88. The van der Waals surface area contributed by atoms with E-state index < -0.39 is 5.54 Å². The zero-order valence-electron chi connectivity index (χ0n) is 14.2. The standard InChI is InChI=1S/C18H24N2O4/c1-23-13-5-6-14(15(10-13)24-2)16(21)12-4-3-9-20(11-12)17(22)18(19)7-8-18/h5-6,10,12H,3-4,7-9,11,19H2,1-2H3/t12-/m1/s1. The maximum absolute atomic E-state index is 12.9. The fourth-order valence-electron chi connectivity index (χ4n) is 3.26. The summed E-state index contributed by atoms with van der Waals surface area (Å²) in [6.45, 7) is 1.12. The van der Waals surface area contributed by atoms with Crippen LogP contribution in [-0.2, 0) is 4.79 Å². The SMILES string of the molecule is COc1ccc(C(=O)[C@@H]2CCCN(C(=O)C3(N)CC3)C2)c(OC)c1. The number of ketones is 1. The van der Waals surface area contributed by atoms with Crippen molar-refractivity contribution >= 4 is 11.7 Å². The van der Waals surface area contributed by atoms with Crippen molar-refractivity contribution in [1.29, 1.82) is 0 Å². The van der Waals surface area contributed by atoms with Crippen molar-refractivity contribution in [2.45, 2.75) is 31.2 Å². The summed E-state index contributed by atoms with van der Waals surface area (Å²) in [5.74, 6) is 0.922. The second-order valence-electron chi connectivity index (χ2n) is 6.68. The van der Waals surface area contributed by atoms with Gasteiger partial charge < -0.3 is 20.1 Å². The molecule has 3 rings (SSSR count). The van der Waals surface area contributed by atoms with Crippen molar-refractivity contribution in [1.82, 2.24) is 4.90 Å². The number of rotatable bonds is 5. The van der Waals surface area contributed by atoms with Gasteiger partial charge in [0.25, 0.3) is 0 Å². The van der Waals surface area contributed by atoms with E-state index in [1.807, 2.05) is 0 Å². The average Bonchev–Trinajstić information content (AvgIpc) is 3.38. The van der Waals surface area contributed by atoms with E-state index >= 15 is 0 Å². The maximum atomic E-state index is 12.9. The fourth-order valence-corrected chi connectivity index (χ4v) is 3.26. The molecule has 0 aromatic heterocycles. The molecular formula is C18H24N2O4. The van der Waals surface area contributed by atoms with E-state index in [4.69, 9.17) is 15.2 Å². The Morgan fingerprint density at radius 3 is 2.62 bits per heavy atom. The van der Waals surface area contributed by atoms with Crippen LogP contribution in [0.25, 0.3) is 0 Å². The first-order valence-electron chi connectivity index (χ1n) is 8.33. The third kappa shape index (κ3) is 3.11. The van der Waals surface area contributed by atoms with Gasteiger partial charge in [0.15, 0.2) is 5.78 Å². The van der Waals surface area contributed by atoms with Crippen LogP contribution in [-0.4, -0.2) is 49.4 Å². The van der Waals surface area contributed by atoms with Gasteiger partial charge in [-0.1, -0.05) is 0 Å². The quantitative estimate of drug-likeness (QED) is 0.829. The van der Waals surface area contributed by atoms with Crippen molar-refractivity contribution in [2.75, 3.05) is 27.3 Å². The summed E-state index contributed by atoms with van der Waals surface area (Å²) in [6, 6.07) is 5.19. The number of Topliss-reactive ketones (excluding diaryl/α,β-unsaturated/α-hetero) is 1. The third-order valence-corrected chi connectivity index (χ3v) is 4.97. The molecule has 6 nitrogen and oxygen atoms in total. The summed E-state index contributed by atoms with van der Waals surface area (Å²) in [4.78, 5) is 27.1. The van der Waals surface area contributed by atoms with E-state index in [2.05, 4.69) is 0 Å². The molecule has 1 saturated carbocycles. The minimum Gasteiger partial charge on any atom is -0.497 e. The predicted molar refractivity (Wildman–Crippen MR) is 89.3 cm³/mol. The van der Waals surface area contributed by atoms with Gasteiger partial charge in [0.05, 0.1) is 25.3 Å². The van der Waals surface area contributed by atoms with Gasteiger partial charge in [-0.15, -0.1) is 0 Å². The van der Waals surface area contributed by atoms with E-state index in [0.29, 0.717) is 30.2 Å². The van der Waals surface area contributed by atoms with Gasteiger partial charge >= 0.3 is 0 Å². The van der Waals surface area contributed by atoms with Crippen LogP contribution < -0.4 is 15.2 Å². The molecule has 1 aliphatic heterocycles. The number of ether oxygens (including phenoxy) is 2. The number of piperidine rings is 1. The molecule has 2 fully saturated rings. The number of carbonyl (C=O) groups is 2. The topological polar surface area (TPSA) is 81.9 Å². The first kappa shape index (κ1) is 16.8. The van der Waals surface area contributed by atoms with Gasteiger partial charge in [0.1, 0.15) is 11.5 Å². The van der Waals surface area contributed by atoms with Gasteiger partial charge in [-0.25, -0.2) is 0 Å². The second kappa shape index (κ2) is 6.43. The molecule has 0 radical (unpaired) electrons. The monoisotopic (exact) mass is 332 g/mol. The molecule has 24 heavy (non-hydrogen) atoms. The molecule has 1 aromatic rings. The van der Waals surface area contributed by atoms with Crippen molar-refractivity contribution in [3.05, 3.63) is 23.8 Å². The summed E-state index contributed by atoms with van der Waals surface area (Å²) < 4.78 is 10.5. The minimum atomic E-state index is -0.678. The van der Waals surface area contributed by atoms with Crippen LogP contribution in [0.1, 0.15) is 36.0 Å². The van der Waals surface area contributed by atoms with Crippen LogP contribution in [0, 0.1) is 5.92 Å². The highest BCUT2D eigenvalue weighted by molar-refractivity contribution is 6.01. The summed E-state index contributed by atoms with van der Waals surface area (Å²) in [7, 11) is 3.11. The number of likely N-dealkylation sites (tertiary alicyclic amines) is 1. The predicted octanol–water partition coefficient (Wildman–Crippen LogP) is 1.62. The Kier molecular flexibility index (Phi) is 4.49. The lowest BCUT2D eigenvalue weighted by molar-refractivity contribution is -0.135. The largest absolute Gasteiger partial charge is 0.497 e. The summed E-state index contributed by atoms with van der Waals surface area (Å²) >= 11 is 0. The van der Waals surface area contributed by atoms with Crippen LogP contribution >= 0.6 is 0 Å². The first-order chi connectivity index (χ1) is 11.5. The molecule has 1 atom stereocenters. The molecule has 0 unspecified atom stereocenters. The van der Waals surface area contributed by atoms with Crippen molar-refractivity contribution in [3.63, 3.8) is 0 Å². The van der Waals surface area contributed by atoms with Crippen LogP contribution in [0.3, 0.4) is 0 Å². The Balaban J connectivity index is 1.76. The molecule has 1 aromatic carbocycles. The van der Waals surface area contributed by atoms with Crippen molar-refractivity contribution in [2.24, 2.45) is 11.7 Å². The van der Waals surface area contributed by atoms with E-state index in [-0.39, 0.29) is 17.6 Å². The minimum absolute atomic E-state index is 0.00821. The van der Waals surface area contributed by atoms with Gasteiger partial charge in [-0.3, -0.25) is 9.59 Å². The molecular weight excluding hydrogens is 308 g/mol. The molecule has 0 spiro atoms. The average molecular weight is 332 g/mol. The van der Waals surface area contributed by atoms with Gasteiger partial charge in [0.2, 0.25) is 5.91 Å². The van der Waals surface area contributed by atoms with Gasteiger partial charge in [0, 0.05) is 25.1 Å². The van der Waals surface area contributed by atoms with Gasteiger partial charge in [-0.2, -0.15) is 0 Å². The Morgan fingerprint density at radius 2 is 2.00 bits per heavy atom. The molecule has 1 amide bonds. The highest BCUT2D eigenvalue weighted by Gasteiger charge is 2.49. The van der Waals surface area contributed by atoms with Crippen LogP contribution in [0.15, 0.2) is 18.2 Å². The van der Waals surface area contributed by atoms with E-state index in [0.717, 1.165) is 25.7 Å². The highest BCUT2D eigenvalue weighted by Crippen LogP contribution is 2.36. The Hall–Kier alpha value is -2.08. The van der Waals surface area contributed by atoms with Gasteiger partial charge in [-0.05, 0) is 37.8 Å². The lowest BCUT2D eigenvalue weighted by Crippen LogP contribution is -2.50. The molecule has 2 N–H and O–H groups in total. The zero-order chi connectivity index (χ0) is 17.3. The molecule has 1 saturated heterocycles. The first-order valence-corrected chi connectivity index (χ1v) is 8.33. The maximum Gasteiger partial charge on any atom is 0.242 e. The molecule has 0 bridgehead atoms. The number of hydrogen-bond donors (Lipinski definition) is 1. The number of nitrogens with two attached hydrogens (primary N) is 1. The normalized spacial score (nSPS) is 22.0. The van der Waals surface area contributed by atoms with Crippen LogP contribution in [0.2, 0.25) is 0 Å². The zero-order valence-corrected chi connectivity index (χ0v) is 14.2. The van der Waals surface area contributed by atoms with Crippen molar-refractivity contribution in [3.8, 4) is 11.5 Å². The molecule has 130 valence electrons. The molecule has 1 heterocycles. The Bertz CT molecular complexity index is 654. The lowest BCUT2D eigenvalue weighted by atomic mass is 9.89. The number of carbonyl (C=O) groups excluding carboxylic acids is 2. The summed E-state index contributed by atoms with van der Waals surface area (Å²) in [5, 5.41) is 0. The molecule has 2 aliphatic rings. The number of benzene rings is 1. The fraction of sp³-hybridized carbons (Fsp3) is 0.556.